The molecule has 2 rings (SSSR count). The van der Waals surface area contributed by atoms with E-state index in [4.69, 9.17) is 0 Å². The summed E-state index contributed by atoms with van der Waals surface area (Å²) in [6.45, 7) is 7.64. The maximum atomic E-state index is 12.1. The quantitative estimate of drug-likeness (QED) is 0.895. The van der Waals surface area contributed by atoms with Gasteiger partial charge in [-0.1, -0.05) is 6.07 Å². The molecule has 0 amide bonds. The number of pyridine rings is 1. The van der Waals surface area contributed by atoms with Crippen LogP contribution in [0.15, 0.2) is 29.2 Å². The van der Waals surface area contributed by atoms with Crippen molar-refractivity contribution in [3.63, 3.8) is 0 Å². The Balaban J connectivity index is 2.21. The molecule has 0 saturated heterocycles. The molecule has 0 aliphatic heterocycles. The second-order valence-corrected chi connectivity index (χ2v) is 5.02. The van der Waals surface area contributed by atoms with Gasteiger partial charge in [-0.05, 0) is 39.8 Å². The summed E-state index contributed by atoms with van der Waals surface area (Å²) in [7, 11) is 0. The Kier molecular flexibility index (Phi) is 4.29. The third kappa shape index (κ3) is 3.11. The van der Waals surface area contributed by atoms with Crippen LogP contribution in [0, 0.1) is 13.8 Å². The summed E-state index contributed by atoms with van der Waals surface area (Å²) in [4.78, 5) is 23.5. The monoisotopic (exact) mass is 272 g/mol. The maximum Gasteiger partial charge on any atom is 0.255 e. The van der Waals surface area contributed by atoms with Crippen LogP contribution in [0.3, 0.4) is 0 Å². The highest BCUT2D eigenvalue weighted by Gasteiger charge is 2.17. The van der Waals surface area contributed by atoms with Gasteiger partial charge in [0.2, 0.25) is 0 Å². The van der Waals surface area contributed by atoms with Crippen molar-refractivity contribution in [2.75, 3.05) is 0 Å². The van der Waals surface area contributed by atoms with Gasteiger partial charge in [0.25, 0.3) is 5.56 Å². The number of hydrogen-bond acceptors (Lipinski definition) is 4. The van der Waals surface area contributed by atoms with E-state index in [0.717, 1.165) is 11.4 Å². The first-order valence-corrected chi connectivity index (χ1v) is 6.73. The molecule has 2 atom stereocenters. The van der Waals surface area contributed by atoms with Gasteiger partial charge in [0.1, 0.15) is 5.82 Å². The highest BCUT2D eigenvalue weighted by Crippen LogP contribution is 2.17. The molecule has 0 aliphatic carbocycles. The molecule has 2 N–H and O–H groups in total. The fraction of sp³-hybridized carbons (Fsp3) is 0.400. The molecule has 0 spiro atoms. The van der Waals surface area contributed by atoms with E-state index in [0.29, 0.717) is 11.4 Å². The summed E-state index contributed by atoms with van der Waals surface area (Å²) in [5, 5.41) is 3.39. The summed E-state index contributed by atoms with van der Waals surface area (Å²) in [5.74, 6) is 0.640. The van der Waals surface area contributed by atoms with Crippen LogP contribution >= 0.6 is 0 Å². The van der Waals surface area contributed by atoms with E-state index in [1.165, 1.54) is 0 Å². The fourth-order valence-corrected chi connectivity index (χ4v) is 2.42. The minimum absolute atomic E-state index is 0.0614. The number of H-pyrrole nitrogens is 1. The summed E-state index contributed by atoms with van der Waals surface area (Å²) in [6.07, 6.45) is 1.77. The van der Waals surface area contributed by atoms with Crippen LogP contribution in [-0.4, -0.2) is 15.0 Å². The number of aromatic amines is 1. The second-order valence-electron chi connectivity index (χ2n) is 5.02. The Morgan fingerprint density at radius 3 is 2.55 bits per heavy atom. The molecule has 2 aromatic heterocycles. The molecule has 2 heterocycles. The average Bonchev–Trinajstić information content (AvgIpc) is 2.38. The van der Waals surface area contributed by atoms with Crippen LogP contribution in [0.5, 0.6) is 0 Å². The van der Waals surface area contributed by atoms with Crippen LogP contribution in [-0.2, 0) is 0 Å². The number of hydrogen-bond donors (Lipinski definition) is 2. The van der Waals surface area contributed by atoms with E-state index in [1.54, 1.807) is 13.1 Å². The molecule has 1 unspecified atom stereocenters. The molecule has 0 bridgehead atoms. The van der Waals surface area contributed by atoms with Gasteiger partial charge in [-0.3, -0.25) is 9.78 Å². The van der Waals surface area contributed by atoms with Crippen molar-refractivity contribution >= 4 is 0 Å². The first-order chi connectivity index (χ1) is 9.49. The Morgan fingerprint density at radius 1 is 1.20 bits per heavy atom. The van der Waals surface area contributed by atoms with Crippen molar-refractivity contribution in [2.24, 2.45) is 0 Å². The topological polar surface area (TPSA) is 70.7 Å². The zero-order chi connectivity index (χ0) is 14.7. The van der Waals surface area contributed by atoms with Crippen LogP contribution < -0.4 is 10.9 Å². The van der Waals surface area contributed by atoms with Gasteiger partial charge < -0.3 is 10.3 Å². The normalized spacial score (nSPS) is 14.0. The van der Waals surface area contributed by atoms with Crippen molar-refractivity contribution in [2.45, 2.75) is 39.8 Å². The van der Waals surface area contributed by atoms with Crippen LogP contribution in [0.25, 0.3) is 0 Å². The van der Waals surface area contributed by atoms with E-state index < -0.39 is 0 Å². The van der Waals surface area contributed by atoms with Crippen molar-refractivity contribution in [1.82, 2.24) is 20.3 Å². The largest absolute Gasteiger partial charge is 0.310 e. The lowest BCUT2D eigenvalue weighted by molar-refractivity contribution is 0.480. The molecule has 5 heteroatoms. The van der Waals surface area contributed by atoms with E-state index in [2.05, 4.69) is 20.3 Å². The van der Waals surface area contributed by atoms with E-state index in [1.807, 2.05) is 39.0 Å². The minimum Gasteiger partial charge on any atom is -0.310 e. The fourth-order valence-electron chi connectivity index (χ4n) is 2.42. The van der Waals surface area contributed by atoms with Crippen molar-refractivity contribution in [3.05, 3.63) is 57.5 Å². The SMILES string of the molecule is Cc1nc(C)c(C(C)N[C@H](C)c2ccccn2)c(=O)[nH]1. The smallest absolute Gasteiger partial charge is 0.255 e. The predicted octanol–water partition coefficient (Wildman–Crippen LogP) is 2.19. The summed E-state index contributed by atoms with van der Waals surface area (Å²) in [5.41, 5.74) is 2.31. The molecule has 0 saturated carbocycles. The Morgan fingerprint density at radius 2 is 1.95 bits per heavy atom. The van der Waals surface area contributed by atoms with E-state index in [-0.39, 0.29) is 17.6 Å². The Bertz CT molecular complexity index is 636. The second kappa shape index (κ2) is 5.96. The highest BCUT2D eigenvalue weighted by atomic mass is 16.1. The third-order valence-corrected chi connectivity index (χ3v) is 3.33. The van der Waals surface area contributed by atoms with Gasteiger partial charge in [0, 0.05) is 24.0 Å². The molecule has 5 nitrogen and oxygen atoms in total. The first kappa shape index (κ1) is 14.4. The van der Waals surface area contributed by atoms with E-state index >= 15 is 0 Å². The number of aryl methyl sites for hydroxylation is 2. The zero-order valence-corrected chi connectivity index (χ0v) is 12.3. The van der Waals surface area contributed by atoms with Crippen LogP contribution in [0.1, 0.15) is 48.7 Å². The van der Waals surface area contributed by atoms with E-state index in [9.17, 15) is 4.79 Å². The highest BCUT2D eigenvalue weighted by molar-refractivity contribution is 5.21. The zero-order valence-electron chi connectivity index (χ0n) is 12.3. The van der Waals surface area contributed by atoms with Gasteiger partial charge >= 0.3 is 0 Å². The number of nitrogens with zero attached hydrogens (tertiary/aromatic N) is 2. The molecular formula is C15H20N4O. The molecule has 106 valence electrons. The molecular weight excluding hydrogens is 252 g/mol. The summed E-state index contributed by atoms with van der Waals surface area (Å²) < 4.78 is 0. The summed E-state index contributed by atoms with van der Waals surface area (Å²) in [6, 6.07) is 5.78. The van der Waals surface area contributed by atoms with Gasteiger partial charge in [0.05, 0.1) is 11.3 Å². The molecule has 0 aromatic carbocycles. The van der Waals surface area contributed by atoms with Crippen LogP contribution in [0.2, 0.25) is 0 Å². The predicted molar refractivity (Wildman–Crippen MR) is 78.5 cm³/mol. The lowest BCUT2D eigenvalue weighted by Gasteiger charge is -2.20. The van der Waals surface area contributed by atoms with Gasteiger partial charge in [-0.15, -0.1) is 0 Å². The first-order valence-electron chi connectivity index (χ1n) is 6.73. The lowest BCUT2D eigenvalue weighted by Crippen LogP contribution is -2.30. The molecule has 2 aromatic rings. The Hall–Kier alpha value is -2.01. The summed E-state index contributed by atoms with van der Waals surface area (Å²) >= 11 is 0. The maximum absolute atomic E-state index is 12.1. The third-order valence-electron chi connectivity index (χ3n) is 3.33. The van der Waals surface area contributed by atoms with Crippen molar-refractivity contribution < 1.29 is 0 Å². The molecule has 0 fully saturated rings. The number of nitrogens with one attached hydrogen (secondary N) is 2. The van der Waals surface area contributed by atoms with Crippen molar-refractivity contribution in [3.8, 4) is 0 Å². The lowest BCUT2D eigenvalue weighted by atomic mass is 10.1. The van der Waals surface area contributed by atoms with Gasteiger partial charge in [-0.2, -0.15) is 0 Å². The molecule has 0 aliphatic rings. The number of aromatic nitrogens is 3. The molecule has 20 heavy (non-hydrogen) atoms. The number of rotatable bonds is 4. The van der Waals surface area contributed by atoms with Crippen LogP contribution in [0.4, 0.5) is 0 Å². The average molecular weight is 272 g/mol. The van der Waals surface area contributed by atoms with Crippen molar-refractivity contribution in [1.29, 1.82) is 0 Å². The Labute approximate surface area is 118 Å². The van der Waals surface area contributed by atoms with Gasteiger partial charge in [-0.25, -0.2) is 4.98 Å². The minimum atomic E-state index is -0.0937. The standard InChI is InChI=1S/C15H20N4O/c1-9(13-7-5-6-8-16-13)17-10(2)14-11(3)18-12(4)19-15(14)20/h5-10,17H,1-4H3,(H,18,19,20)/t9-,10?/m1/s1. The molecule has 0 radical (unpaired) electrons. The van der Waals surface area contributed by atoms with Gasteiger partial charge in [0.15, 0.2) is 0 Å².